The van der Waals surface area contributed by atoms with Gasteiger partial charge in [-0.2, -0.15) is 5.10 Å². The number of benzene rings is 2. The largest absolute Gasteiger partial charge is 0.331 e. The minimum atomic E-state index is -0.699. The first-order valence-corrected chi connectivity index (χ1v) is 7.07. The van der Waals surface area contributed by atoms with Crippen molar-refractivity contribution in [1.82, 2.24) is 5.43 Å². The first-order chi connectivity index (χ1) is 10.5. The van der Waals surface area contributed by atoms with Crippen LogP contribution < -0.4 is 10.7 Å². The van der Waals surface area contributed by atoms with Crippen molar-refractivity contribution in [2.75, 3.05) is 5.32 Å². The van der Waals surface area contributed by atoms with Crippen LogP contribution in [0.2, 0.25) is 5.02 Å². The minimum Gasteiger partial charge on any atom is -0.331 e. The van der Waals surface area contributed by atoms with Gasteiger partial charge in [-0.1, -0.05) is 23.7 Å². The molecular formula is C15H12ClF2N3S. The van der Waals surface area contributed by atoms with Crippen LogP contribution in [0.5, 0.6) is 0 Å². The van der Waals surface area contributed by atoms with Gasteiger partial charge in [-0.15, -0.1) is 0 Å². The zero-order valence-corrected chi connectivity index (χ0v) is 13.1. The van der Waals surface area contributed by atoms with E-state index in [-0.39, 0.29) is 10.7 Å². The molecular weight excluding hydrogens is 328 g/mol. The fourth-order valence-corrected chi connectivity index (χ4v) is 2.02. The molecule has 2 N–H and O–H groups in total. The van der Waals surface area contributed by atoms with E-state index in [0.717, 1.165) is 29.6 Å². The number of thiocarbonyl (C=S) groups is 1. The van der Waals surface area contributed by atoms with Crippen LogP contribution in [0.1, 0.15) is 11.1 Å². The monoisotopic (exact) mass is 339 g/mol. The van der Waals surface area contributed by atoms with Crippen molar-refractivity contribution < 1.29 is 8.78 Å². The summed E-state index contributed by atoms with van der Waals surface area (Å²) in [6.45, 7) is 1.84. The summed E-state index contributed by atoms with van der Waals surface area (Å²) >= 11 is 11.1. The topological polar surface area (TPSA) is 36.4 Å². The fourth-order valence-electron chi connectivity index (χ4n) is 1.68. The maximum absolute atomic E-state index is 13.4. The Kier molecular flexibility index (Phi) is 5.41. The summed E-state index contributed by atoms with van der Waals surface area (Å²) in [5.41, 5.74) is 3.81. The lowest BCUT2D eigenvalue weighted by molar-refractivity contribution is 0.580. The first-order valence-electron chi connectivity index (χ1n) is 6.28. The van der Waals surface area contributed by atoms with Gasteiger partial charge in [-0.3, -0.25) is 5.43 Å². The first kappa shape index (κ1) is 16.3. The van der Waals surface area contributed by atoms with Gasteiger partial charge in [-0.25, -0.2) is 8.78 Å². The normalized spacial score (nSPS) is 10.7. The molecule has 0 radical (unpaired) electrons. The van der Waals surface area contributed by atoms with Crippen molar-refractivity contribution in [2.24, 2.45) is 5.10 Å². The predicted molar refractivity (Wildman–Crippen MR) is 89.5 cm³/mol. The summed E-state index contributed by atoms with van der Waals surface area (Å²) in [5, 5.41) is 7.40. The van der Waals surface area contributed by atoms with Gasteiger partial charge in [0.05, 0.1) is 11.8 Å². The van der Waals surface area contributed by atoms with Crippen molar-refractivity contribution >= 4 is 40.8 Å². The zero-order valence-electron chi connectivity index (χ0n) is 11.5. The lowest BCUT2D eigenvalue weighted by Gasteiger charge is -2.10. The minimum absolute atomic E-state index is 0.179. The molecule has 0 aliphatic heterocycles. The van der Waals surface area contributed by atoms with Gasteiger partial charge in [-0.05, 0) is 49.0 Å². The molecule has 0 aliphatic carbocycles. The van der Waals surface area contributed by atoms with Gasteiger partial charge in [0.15, 0.2) is 5.11 Å². The Labute approximate surface area is 137 Å². The number of halogens is 3. The SMILES string of the molecule is Cc1c(Cl)cccc1NC(=S)N/N=C\c1c(F)cccc1F. The van der Waals surface area contributed by atoms with Crippen LogP contribution in [0.4, 0.5) is 14.5 Å². The van der Waals surface area contributed by atoms with Gasteiger partial charge in [0.25, 0.3) is 0 Å². The van der Waals surface area contributed by atoms with Crippen molar-refractivity contribution in [1.29, 1.82) is 0 Å². The van der Waals surface area contributed by atoms with Gasteiger partial charge < -0.3 is 5.32 Å². The van der Waals surface area contributed by atoms with E-state index in [1.54, 1.807) is 18.2 Å². The van der Waals surface area contributed by atoms with E-state index in [4.69, 9.17) is 23.8 Å². The Morgan fingerprint density at radius 2 is 1.82 bits per heavy atom. The summed E-state index contributed by atoms with van der Waals surface area (Å²) in [7, 11) is 0. The number of hydrogen-bond donors (Lipinski definition) is 2. The number of rotatable bonds is 3. The number of anilines is 1. The molecule has 0 aliphatic rings. The third kappa shape index (κ3) is 3.99. The molecule has 114 valence electrons. The average Bonchev–Trinajstić information content (AvgIpc) is 2.47. The summed E-state index contributed by atoms with van der Waals surface area (Å²) in [4.78, 5) is 0. The van der Waals surface area contributed by atoms with E-state index in [2.05, 4.69) is 15.8 Å². The fraction of sp³-hybridized carbons (Fsp3) is 0.0667. The Bertz CT molecular complexity index is 714. The number of hydrogen-bond acceptors (Lipinski definition) is 2. The molecule has 2 rings (SSSR count). The molecule has 0 heterocycles. The molecule has 22 heavy (non-hydrogen) atoms. The van der Waals surface area contributed by atoms with Crippen LogP contribution >= 0.6 is 23.8 Å². The molecule has 0 amide bonds. The molecule has 7 heteroatoms. The summed E-state index contributed by atoms with van der Waals surface area (Å²) in [6, 6.07) is 8.92. The van der Waals surface area contributed by atoms with E-state index >= 15 is 0 Å². The molecule has 0 spiro atoms. The van der Waals surface area contributed by atoms with Gasteiger partial charge in [0.1, 0.15) is 11.6 Å². The highest BCUT2D eigenvalue weighted by Crippen LogP contribution is 2.22. The van der Waals surface area contributed by atoms with E-state index in [0.29, 0.717) is 5.02 Å². The molecule has 0 unspecified atom stereocenters. The standard InChI is InChI=1S/C15H12ClF2N3S/c1-9-11(16)4-2-7-14(9)20-15(22)21-19-8-10-12(17)5-3-6-13(10)18/h2-8H,1H3,(H2,20,21,22)/b19-8-. The Hall–Kier alpha value is -2.05. The molecule has 0 atom stereocenters. The van der Waals surface area contributed by atoms with Crippen LogP contribution in [-0.4, -0.2) is 11.3 Å². The molecule has 2 aromatic carbocycles. The molecule has 0 fully saturated rings. The second kappa shape index (κ2) is 7.29. The molecule has 0 aromatic heterocycles. The second-order valence-corrected chi connectivity index (χ2v) is 5.19. The van der Waals surface area contributed by atoms with Gasteiger partial charge in [0, 0.05) is 10.7 Å². The van der Waals surface area contributed by atoms with Gasteiger partial charge >= 0.3 is 0 Å². The van der Waals surface area contributed by atoms with E-state index < -0.39 is 11.6 Å². The summed E-state index contributed by atoms with van der Waals surface area (Å²) < 4.78 is 26.8. The third-order valence-electron chi connectivity index (χ3n) is 2.88. The third-order valence-corrected chi connectivity index (χ3v) is 3.48. The second-order valence-electron chi connectivity index (χ2n) is 4.37. The van der Waals surface area contributed by atoms with Crippen LogP contribution in [-0.2, 0) is 0 Å². The number of hydrazone groups is 1. The lowest BCUT2D eigenvalue weighted by Crippen LogP contribution is -2.24. The van der Waals surface area contributed by atoms with Crippen molar-refractivity contribution in [3.8, 4) is 0 Å². The lowest BCUT2D eigenvalue weighted by atomic mass is 10.2. The highest BCUT2D eigenvalue weighted by atomic mass is 35.5. The Morgan fingerprint density at radius 1 is 1.18 bits per heavy atom. The van der Waals surface area contributed by atoms with Crippen LogP contribution in [0.3, 0.4) is 0 Å². The molecule has 0 saturated carbocycles. The van der Waals surface area contributed by atoms with Crippen molar-refractivity contribution in [3.05, 3.63) is 64.2 Å². The smallest absolute Gasteiger partial charge is 0.191 e. The van der Waals surface area contributed by atoms with Crippen LogP contribution in [0.15, 0.2) is 41.5 Å². The molecule has 0 saturated heterocycles. The van der Waals surface area contributed by atoms with Crippen LogP contribution in [0, 0.1) is 18.6 Å². The van der Waals surface area contributed by atoms with E-state index in [9.17, 15) is 8.78 Å². The predicted octanol–water partition coefficient (Wildman–Crippen LogP) is 4.25. The molecule has 0 bridgehead atoms. The number of nitrogens with one attached hydrogen (secondary N) is 2. The Balaban J connectivity index is 2.01. The van der Waals surface area contributed by atoms with Gasteiger partial charge in [0.2, 0.25) is 0 Å². The van der Waals surface area contributed by atoms with E-state index in [1.807, 2.05) is 6.92 Å². The highest BCUT2D eigenvalue weighted by molar-refractivity contribution is 7.80. The molecule has 2 aromatic rings. The van der Waals surface area contributed by atoms with Crippen molar-refractivity contribution in [2.45, 2.75) is 6.92 Å². The zero-order chi connectivity index (χ0) is 16.1. The summed E-state index contributed by atoms with van der Waals surface area (Å²) in [5.74, 6) is -1.40. The van der Waals surface area contributed by atoms with E-state index in [1.165, 1.54) is 6.07 Å². The quantitative estimate of drug-likeness (QED) is 0.498. The maximum atomic E-state index is 13.4. The number of nitrogens with zero attached hydrogens (tertiary/aromatic N) is 1. The molecule has 3 nitrogen and oxygen atoms in total. The Morgan fingerprint density at radius 3 is 2.50 bits per heavy atom. The average molecular weight is 340 g/mol. The van der Waals surface area contributed by atoms with Crippen LogP contribution in [0.25, 0.3) is 0 Å². The summed E-state index contributed by atoms with van der Waals surface area (Å²) in [6.07, 6.45) is 1.03. The highest BCUT2D eigenvalue weighted by Gasteiger charge is 2.06. The van der Waals surface area contributed by atoms with Crippen molar-refractivity contribution in [3.63, 3.8) is 0 Å². The maximum Gasteiger partial charge on any atom is 0.191 e.